The molecule has 64 valence electrons. The second-order valence-corrected chi connectivity index (χ2v) is 2.94. The van der Waals surface area contributed by atoms with Crippen LogP contribution >= 0.6 is 11.6 Å². The Hall–Kier alpha value is -1.09. The molecule has 0 aliphatic heterocycles. The first-order chi connectivity index (χ1) is 5.63. The van der Waals surface area contributed by atoms with Gasteiger partial charge in [-0.25, -0.2) is 4.98 Å². The zero-order valence-corrected chi connectivity index (χ0v) is 7.67. The maximum atomic E-state index is 11.3. The first-order valence-electron chi connectivity index (χ1n) is 3.45. The molecular formula is C8H9ClN2O. The van der Waals surface area contributed by atoms with E-state index < -0.39 is 0 Å². The highest BCUT2D eigenvalue weighted by atomic mass is 35.5. The first kappa shape index (κ1) is 9.00. The average molecular weight is 185 g/mol. The summed E-state index contributed by atoms with van der Waals surface area (Å²) in [5.74, 6) is -0.180. The van der Waals surface area contributed by atoms with Gasteiger partial charge in [-0.2, -0.15) is 0 Å². The van der Waals surface area contributed by atoms with E-state index in [0.29, 0.717) is 10.7 Å². The summed E-state index contributed by atoms with van der Waals surface area (Å²) in [5.41, 5.74) is 0.296. The van der Waals surface area contributed by atoms with Gasteiger partial charge in [0.2, 0.25) is 0 Å². The van der Waals surface area contributed by atoms with E-state index in [0.717, 1.165) is 0 Å². The third-order valence-electron chi connectivity index (χ3n) is 1.37. The zero-order valence-electron chi connectivity index (χ0n) is 6.91. The van der Waals surface area contributed by atoms with Gasteiger partial charge in [-0.05, 0) is 12.1 Å². The molecular weight excluding hydrogens is 176 g/mol. The van der Waals surface area contributed by atoms with Gasteiger partial charge in [-0.1, -0.05) is 11.6 Å². The van der Waals surface area contributed by atoms with Crippen LogP contribution in [-0.2, 0) is 0 Å². The Labute approximate surface area is 76.0 Å². The maximum absolute atomic E-state index is 11.3. The van der Waals surface area contributed by atoms with E-state index in [1.54, 1.807) is 32.4 Å². The molecule has 0 spiro atoms. The molecule has 0 saturated carbocycles. The summed E-state index contributed by atoms with van der Waals surface area (Å²) in [4.78, 5) is 16.7. The average Bonchev–Trinajstić information content (AvgIpc) is 2.04. The number of halogens is 1. The number of hydrogen-bond donors (Lipinski definition) is 0. The third-order valence-corrected chi connectivity index (χ3v) is 1.67. The summed E-state index contributed by atoms with van der Waals surface area (Å²) in [5, 5.41) is 0.385. The van der Waals surface area contributed by atoms with Crippen molar-refractivity contribution in [2.24, 2.45) is 0 Å². The fourth-order valence-electron chi connectivity index (χ4n) is 0.755. The van der Waals surface area contributed by atoms with Crippen molar-refractivity contribution in [2.75, 3.05) is 14.1 Å². The smallest absolute Gasteiger partial charge is 0.273 e. The minimum atomic E-state index is -0.180. The van der Waals surface area contributed by atoms with Crippen molar-refractivity contribution in [3.63, 3.8) is 0 Å². The summed E-state index contributed by atoms with van der Waals surface area (Å²) in [6.07, 6.45) is 1.54. The normalized spacial score (nSPS) is 9.58. The fourth-order valence-corrected chi connectivity index (χ4v) is 0.957. The molecule has 0 aromatic carbocycles. The van der Waals surface area contributed by atoms with Crippen LogP contribution < -0.4 is 0 Å². The number of carbonyl (C=O) groups excluding carboxylic acids is 1. The molecule has 3 nitrogen and oxygen atoms in total. The summed E-state index contributed by atoms with van der Waals surface area (Å²) in [7, 11) is 3.32. The molecule has 1 rings (SSSR count). The molecule has 1 aromatic heterocycles. The van der Waals surface area contributed by atoms with Crippen LogP contribution in [0, 0.1) is 0 Å². The van der Waals surface area contributed by atoms with E-state index >= 15 is 0 Å². The number of pyridine rings is 1. The SMILES string of the molecule is CN(C)C(=O)c1ncccc1Cl. The van der Waals surface area contributed by atoms with Gasteiger partial charge < -0.3 is 4.90 Å². The Balaban J connectivity index is 3.03. The van der Waals surface area contributed by atoms with Crippen molar-refractivity contribution < 1.29 is 4.79 Å². The van der Waals surface area contributed by atoms with E-state index in [9.17, 15) is 4.79 Å². The van der Waals surface area contributed by atoms with Crippen LogP contribution in [-0.4, -0.2) is 29.9 Å². The fraction of sp³-hybridized carbons (Fsp3) is 0.250. The molecule has 0 bridgehead atoms. The Morgan fingerprint density at radius 3 is 2.75 bits per heavy atom. The van der Waals surface area contributed by atoms with Crippen LogP contribution in [0.25, 0.3) is 0 Å². The Morgan fingerprint density at radius 1 is 1.58 bits per heavy atom. The highest BCUT2D eigenvalue weighted by Crippen LogP contribution is 2.12. The number of amides is 1. The molecule has 0 atom stereocenters. The van der Waals surface area contributed by atoms with Crippen LogP contribution in [0.3, 0.4) is 0 Å². The quantitative estimate of drug-likeness (QED) is 0.662. The van der Waals surface area contributed by atoms with Crippen molar-refractivity contribution in [2.45, 2.75) is 0 Å². The van der Waals surface area contributed by atoms with Crippen molar-refractivity contribution >= 4 is 17.5 Å². The predicted molar refractivity (Wildman–Crippen MR) is 47.3 cm³/mol. The topological polar surface area (TPSA) is 33.2 Å². The second-order valence-electron chi connectivity index (χ2n) is 2.53. The molecule has 1 heterocycles. The predicted octanol–water partition coefficient (Wildman–Crippen LogP) is 1.44. The zero-order chi connectivity index (χ0) is 9.14. The van der Waals surface area contributed by atoms with E-state index in [1.165, 1.54) is 4.90 Å². The lowest BCUT2D eigenvalue weighted by atomic mass is 10.3. The minimum Gasteiger partial charge on any atom is -0.343 e. The Morgan fingerprint density at radius 2 is 2.25 bits per heavy atom. The number of aromatic nitrogens is 1. The second kappa shape index (κ2) is 3.54. The van der Waals surface area contributed by atoms with E-state index in [2.05, 4.69) is 4.98 Å². The standard InChI is InChI=1S/C8H9ClN2O/c1-11(2)8(12)7-6(9)4-3-5-10-7/h3-5H,1-2H3. The van der Waals surface area contributed by atoms with Crippen LogP contribution in [0.1, 0.15) is 10.5 Å². The summed E-state index contributed by atoms with van der Waals surface area (Å²) in [6.45, 7) is 0. The molecule has 1 amide bonds. The molecule has 0 fully saturated rings. The van der Waals surface area contributed by atoms with Gasteiger partial charge in [0.05, 0.1) is 5.02 Å². The maximum Gasteiger partial charge on any atom is 0.273 e. The largest absolute Gasteiger partial charge is 0.343 e. The van der Waals surface area contributed by atoms with E-state index in [4.69, 9.17) is 11.6 Å². The molecule has 0 saturated heterocycles. The monoisotopic (exact) mass is 184 g/mol. The summed E-state index contributed by atoms with van der Waals surface area (Å²) in [6, 6.07) is 3.33. The van der Waals surface area contributed by atoms with Crippen molar-refractivity contribution in [1.82, 2.24) is 9.88 Å². The van der Waals surface area contributed by atoms with E-state index in [1.807, 2.05) is 0 Å². The number of nitrogens with zero attached hydrogens (tertiary/aromatic N) is 2. The summed E-state index contributed by atoms with van der Waals surface area (Å²) >= 11 is 5.75. The minimum absolute atomic E-state index is 0.180. The van der Waals surface area contributed by atoms with Crippen LogP contribution in [0.4, 0.5) is 0 Å². The molecule has 0 aliphatic rings. The molecule has 0 radical (unpaired) electrons. The van der Waals surface area contributed by atoms with Gasteiger partial charge >= 0.3 is 0 Å². The van der Waals surface area contributed by atoms with Gasteiger partial charge in [0, 0.05) is 20.3 Å². The number of carbonyl (C=O) groups is 1. The lowest BCUT2D eigenvalue weighted by Crippen LogP contribution is -2.22. The first-order valence-corrected chi connectivity index (χ1v) is 3.83. The third kappa shape index (κ3) is 1.74. The number of hydrogen-bond acceptors (Lipinski definition) is 2. The summed E-state index contributed by atoms with van der Waals surface area (Å²) < 4.78 is 0. The van der Waals surface area contributed by atoms with Crippen molar-refractivity contribution in [3.8, 4) is 0 Å². The molecule has 0 N–H and O–H groups in total. The van der Waals surface area contributed by atoms with Crippen LogP contribution in [0.15, 0.2) is 18.3 Å². The van der Waals surface area contributed by atoms with Crippen LogP contribution in [0.5, 0.6) is 0 Å². The van der Waals surface area contributed by atoms with Crippen molar-refractivity contribution in [1.29, 1.82) is 0 Å². The highest BCUT2D eigenvalue weighted by molar-refractivity contribution is 6.33. The molecule has 0 aliphatic carbocycles. The molecule has 4 heteroatoms. The van der Waals surface area contributed by atoms with E-state index in [-0.39, 0.29) is 5.91 Å². The van der Waals surface area contributed by atoms with Gasteiger partial charge in [0.25, 0.3) is 5.91 Å². The van der Waals surface area contributed by atoms with Gasteiger partial charge in [0.1, 0.15) is 5.69 Å². The van der Waals surface area contributed by atoms with Gasteiger partial charge in [-0.15, -0.1) is 0 Å². The Kier molecular flexibility index (Phi) is 2.65. The number of rotatable bonds is 1. The van der Waals surface area contributed by atoms with Crippen molar-refractivity contribution in [3.05, 3.63) is 29.0 Å². The highest BCUT2D eigenvalue weighted by Gasteiger charge is 2.12. The van der Waals surface area contributed by atoms with Crippen LogP contribution in [0.2, 0.25) is 5.02 Å². The van der Waals surface area contributed by atoms with Gasteiger partial charge in [-0.3, -0.25) is 4.79 Å². The molecule has 0 unspecified atom stereocenters. The molecule has 12 heavy (non-hydrogen) atoms. The van der Waals surface area contributed by atoms with Gasteiger partial charge in [0.15, 0.2) is 0 Å². The Bertz CT molecular complexity index is 299. The lowest BCUT2D eigenvalue weighted by Gasteiger charge is -2.09. The molecule has 1 aromatic rings. The lowest BCUT2D eigenvalue weighted by molar-refractivity contribution is 0.0822.